The van der Waals surface area contributed by atoms with Crippen LogP contribution in [0.1, 0.15) is 22.9 Å². The summed E-state index contributed by atoms with van der Waals surface area (Å²) in [6.07, 6.45) is 3.28. The lowest BCUT2D eigenvalue weighted by molar-refractivity contribution is 0.581. The standard InChI is InChI=1S/C22H22ClNS/c1-17(16-18-9-11-20(23)12-10-18)24-14-13-21(22-8-5-15-25-22)19-6-3-2-4-7-19/h2-13,15,17,24H,14,16H2,1H3/b21-13+. The smallest absolute Gasteiger partial charge is 0.0406 e. The van der Waals surface area contributed by atoms with Crippen molar-refractivity contribution in [3.8, 4) is 0 Å². The van der Waals surface area contributed by atoms with Crippen molar-refractivity contribution in [3.63, 3.8) is 0 Å². The molecule has 0 aliphatic heterocycles. The molecular formula is C22H22ClNS. The summed E-state index contributed by atoms with van der Waals surface area (Å²) in [5, 5.41) is 6.52. The van der Waals surface area contributed by atoms with E-state index in [-0.39, 0.29) is 0 Å². The molecule has 0 saturated carbocycles. The predicted octanol–water partition coefficient (Wildman–Crippen LogP) is 6.05. The van der Waals surface area contributed by atoms with Gasteiger partial charge in [0, 0.05) is 22.5 Å². The molecule has 0 saturated heterocycles. The monoisotopic (exact) mass is 367 g/mol. The van der Waals surface area contributed by atoms with Gasteiger partial charge in [0.2, 0.25) is 0 Å². The molecule has 1 N–H and O–H groups in total. The fourth-order valence-corrected chi connectivity index (χ4v) is 3.73. The Morgan fingerprint density at radius 2 is 1.80 bits per heavy atom. The van der Waals surface area contributed by atoms with E-state index in [1.54, 1.807) is 11.3 Å². The molecular weight excluding hydrogens is 346 g/mol. The van der Waals surface area contributed by atoms with Crippen LogP contribution in [0.4, 0.5) is 0 Å². The van der Waals surface area contributed by atoms with Crippen LogP contribution >= 0.6 is 22.9 Å². The SMILES string of the molecule is CC(Cc1ccc(Cl)cc1)NC/C=C(\c1ccccc1)c1cccs1. The third-order valence-corrected chi connectivity index (χ3v) is 5.25. The molecule has 0 spiro atoms. The van der Waals surface area contributed by atoms with E-state index >= 15 is 0 Å². The van der Waals surface area contributed by atoms with Crippen molar-refractivity contribution in [2.75, 3.05) is 6.54 Å². The fraction of sp³-hybridized carbons (Fsp3) is 0.182. The Bertz CT molecular complexity index is 792. The average Bonchev–Trinajstić information content (AvgIpc) is 3.16. The number of rotatable bonds is 7. The Morgan fingerprint density at radius 1 is 1.04 bits per heavy atom. The Balaban J connectivity index is 1.64. The zero-order valence-electron chi connectivity index (χ0n) is 14.3. The molecule has 0 aliphatic rings. The number of halogens is 1. The first-order valence-electron chi connectivity index (χ1n) is 8.49. The molecule has 1 atom stereocenters. The lowest BCUT2D eigenvalue weighted by atomic mass is 10.0. The van der Waals surface area contributed by atoms with Gasteiger partial charge in [-0.1, -0.05) is 66.2 Å². The summed E-state index contributed by atoms with van der Waals surface area (Å²) in [4.78, 5) is 1.30. The van der Waals surface area contributed by atoms with Crippen molar-refractivity contribution in [1.82, 2.24) is 5.32 Å². The molecule has 1 aromatic heterocycles. The molecule has 0 amide bonds. The largest absolute Gasteiger partial charge is 0.310 e. The van der Waals surface area contributed by atoms with Gasteiger partial charge in [0.05, 0.1) is 0 Å². The molecule has 0 aliphatic carbocycles. The van der Waals surface area contributed by atoms with E-state index in [9.17, 15) is 0 Å². The average molecular weight is 368 g/mol. The molecule has 1 heterocycles. The summed E-state index contributed by atoms with van der Waals surface area (Å²) < 4.78 is 0. The Kier molecular flexibility index (Phi) is 6.46. The van der Waals surface area contributed by atoms with Crippen LogP contribution in [-0.2, 0) is 6.42 Å². The third-order valence-electron chi connectivity index (χ3n) is 4.10. The van der Waals surface area contributed by atoms with Crippen LogP contribution in [0.3, 0.4) is 0 Å². The van der Waals surface area contributed by atoms with Crippen molar-refractivity contribution in [2.24, 2.45) is 0 Å². The van der Waals surface area contributed by atoms with E-state index < -0.39 is 0 Å². The molecule has 3 rings (SSSR count). The highest BCUT2D eigenvalue weighted by Crippen LogP contribution is 2.26. The highest BCUT2D eigenvalue weighted by molar-refractivity contribution is 7.11. The van der Waals surface area contributed by atoms with Crippen molar-refractivity contribution in [1.29, 1.82) is 0 Å². The number of thiophene rings is 1. The predicted molar refractivity (Wildman–Crippen MR) is 110 cm³/mol. The molecule has 0 fully saturated rings. The summed E-state index contributed by atoms with van der Waals surface area (Å²) in [6.45, 7) is 3.06. The van der Waals surface area contributed by atoms with Crippen molar-refractivity contribution in [3.05, 3.63) is 99.2 Å². The topological polar surface area (TPSA) is 12.0 Å². The molecule has 0 radical (unpaired) electrons. The van der Waals surface area contributed by atoms with E-state index in [4.69, 9.17) is 11.6 Å². The van der Waals surface area contributed by atoms with Gasteiger partial charge in [0.15, 0.2) is 0 Å². The van der Waals surface area contributed by atoms with Crippen molar-refractivity contribution < 1.29 is 0 Å². The highest BCUT2D eigenvalue weighted by atomic mass is 35.5. The van der Waals surface area contributed by atoms with Crippen LogP contribution in [0, 0.1) is 0 Å². The van der Waals surface area contributed by atoms with Gasteiger partial charge in [0.1, 0.15) is 0 Å². The summed E-state index contributed by atoms with van der Waals surface area (Å²) >= 11 is 7.73. The van der Waals surface area contributed by atoms with Crippen molar-refractivity contribution >= 4 is 28.5 Å². The Morgan fingerprint density at radius 3 is 2.48 bits per heavy atom. The molecule has 0 bridgehead atoms. The van der Waals surface area contributed by atoms with Crippen LogP contribution in [0.2, 0.25) is 5.02 Å². The van der Waals surface area contributed by atoms with Gasteiger partial charge in [-0.25, -0.2) is 0 Å². The first kappa shape index (κ1) is 17.9. The van der Waals surface area contributed by atoms with Gasteiger partial charge in [-0.15, -0.1) is 11.3 Å². The van der Waals surface area contributed by atoms with E-state index in [0.717, 1.165) is 18.0 Å². The van der Waals surface area contributed by atoms with Crippen LogP contribution < -0.4 is 5.32 Å². The number of hydrogen-bond donors (Lipinski definition) is 1. The highest BCUT2D eigenvalue weighted by Gasteiger charge is 2.06. The van der Waals surface area contributed by atoms with Gasteiger partial charge in [-0.2, -0.15) is 0 Å². The number of nitrogens with one attached hydrogen (secondary N) is 1. The molecule has 128 valence electrons. The molecule has 1 unspecified atom stereocenters. The second-order valence-corrected chi connectivity index (χ2v) is 7.49. The molecule has 3 aromatic rings. The molecule has 1 nitrogen and oxygen atoms in total. The summed E-state index contributed by atoms with van der Waals surface area (Å²) in [5.41, 5.74) is 3.86. The normalized spacial score (nSPS) is 13.0. The number of benzene rings is 2. The van der Waals surface area contributed by atoms with E-state index in [1.807, 2.05) is 12.1 Å². The first-order valence-corrected chi connectivity index (χ1v) is 9.75. The molecule has 25 heavy (non-hydrogen) atoms. The van der Waals surface area contributed by atoms with Gasteiger partial charge in [-0.3, -0.25) is 0 Å². The maximum absolute atomic E-state index is 5.95. The van der Waals surface area contributed by atoms with Gasteiger partial charge >= 0.3 is 0 Å². The van der Waals surface area contributed by atoms with E-state index in [1.165, 1.54) is 21.6 Å². The summed E-state index contributed by atoms with van der Waals surface area (Å²) in [5.74, 6) is 0. The minimum absolute atomic E-state index is 0.401. The summed E-state index contributed by atoms with van der Waals surface area (Å²) in [6, 6.07) is 23.4. The van der Waals surface area contributed by atoms with Gasteiger partial charge < -0.3 is 5.32 Å². The van der Waals surface area contributed by atoms with Crippen molar-refractivity contribution in [2.45, 2.75) is 19.4 Å². The summed E-state index contributed by atoms with van der Waals surface area (Å²) in [7, 11) is 0. The Labute approximate surface area is 159 Å². The van der Waals surface area contributed by atoms with Crippen LogP contribution in [-0.4, -0.2) is 12.6 Å². The lowest BCUT2D eigenvalue weighted by Crippen LogP contribution is -2.28. The molecule has 3 heteroatoms. The van der Waals surface area contributed by atoms with Crippen LogP contribution in [0.5, 0.6) is 0 Å². The fourth-order valence-electron chi connectivity index (χ4n) is 2.82. The minimum atomic E-state index is 0.401. The second kappa shape index (κ2) is 9.00. The maximum atomic E-state index is 5.95. The van der Waals surface area contributed by atoms with E-state index in [2.05, 4.69) is 78.3 Å². The maximum Gasteiger partial charge on any atom is 0.0406 e. The number of hydrogen-bond acceptors (Lipinski definition) is 2. The first-order chi connectivity index (χ1) is 12.2. The lowest BCUT2D eigenvalue weighted by Gasteiger charge is -2.13. The quantitative estimate of drug-likeness (QED) is 0.535. The van der Waals surface area contributed by atoms with Crippen LogP contribution in [0.25, 0.3) is 5.57 Å². The van der Waals surface area contributed by atoms with Gasteiger partial charge in [0.25, 0.3) is 0 Å². The van der Waals surface area contributed by atoms with Gasteiger partial charge in [-0.05, 0) is 53.6 Å². The second-order valence-electron chi connectivity index (χ2n) is 6.10. The van der Waals surface area contributed by atoms with E-state index in [0.29, 0.717) is 6.04 Å². The zero-order chi connectivity index (χ0) is 17.5. The third kappa shape index (κ3) is 5.30. The molecule has 2 aromatic carbocycles. The minimum Gasteiger partial charge on any atom is -0.310 e. The zero-order valence-corrected chi connectivity index (χ0v) is 15.9. The Hall–Kier alpha value is -1.87. The van der Waals surface area contributed by atoms with Crippen LogP contribution in [0.15, 0.2) is 78.2 Å².